The van der Waals surface area contributed by atoms with Crippen LogP contribution in [-0.4, -0.2) is 49.2 Å². The van der Waals surface area contributed by atoms with Crippen molar-refractivity contribution in [2.45, 2.75) is 38.8 Å². The highest BCUT2D eigenvalue weighted by Gasteiger charge is 2.32. The number of carbonyl (C=O) groups is 1. The molecule has 2 saturated heterocycles. The van der Waals surface area contributed by atoms with Gasteiger partial charge in [-0.15, -0.1) is 0 Å². The molecule has 92 valence electrons. The summed E-state index contributed by atoms with van der Waals surface area (Å²) in [5, 5.41) is 3.40. The molecule has 0 radical (unpaired) electrons. The van der Waals surface area contributed by atoms with E-state index in [2.05, 4.69) is 24.1 Å². The maximum Gasteiger partial charge on any atom is 0.226 e. The minimum Gasteiger partial charge on any atom is -0.381 e. The maximum atomic E-state index is 12.4. The number of nitrogens with one attached hydrogen (secondary N) is 1. The van der Waals surface area contributed by atoms with Crippen LogP contribution in [0.4, 0.5) is 0 Å². The van der Waals surface area contributed by atoms with E-state index in [-0.39, 0.29) is 5.92 Å². The normalized spacial score (nSPS) is 32.8. The van der Waals surface area contributed by atoms with E-state index in [0.29, 0.717) is 18.0 Å². The molecule has 1 N–H and O–H groups in total. The lowest BCUT2D eigenvalue weighted by atomic mass is 9.97. The Hall–Kier alpha value is -0.610. The standard InChI is InChI=1S/C12H22N2O2/c1-9-8-14(10(2)7-13-9)12(15)11-3-5-16-6-4-11/h9-11,13H,3-8H2,1-2H3/t9-,10+/m0/s1. The zero-order valence-electron chi connectivity index (χ0n) is 10.2. The summed E-state index contributed by atoms with van der Waals surface area (Å²) in [4.78, 5) is 14.4. The summed E-state index contributed by atoms with van der Waals surface area (Å²) in [6, 6.07) is 0.742. The van der Waals surface area contributed by atoms with E-state index in [1.165, 1.54) is 0 Å². The summed E-state index contributed by atoms with van der Waals surface area (Å²) in [5.74, 6) is 0.533. The fourth-order valence-electron chi connectivity index (χ4n) is 2.51. The zero-order chi connectivity index (χ0) is 11.5. The van der Waals surface area contributed by atoms with Crippen LogP contribution in [0.15, 0.2) is 0 Å². The van der Waals surface area contributed by atoms with Crippen LogP contribution in [0.3, 0.4) is 0 Å². The lowest BCUT2D eigenvalue weighted by Crippen LogP contribution is -2.57. The molecule has 0 bridgehead atoms. The highest BCUT2D eigenvalue weighted by molar-refractivity contribution is 5.79. The van der Waals surface area contributed by atoms with Crippen molar-refractivity contribution in [2.75, 3.05) is 26.3 Å². The second-order valence-corrected chi connectivity index (χ2v) is 5.04. The van der Waals surface area contributed by atoms with Crippen LogP contribution in [0, 0.1) is 5.92 Å². The number of amides is 1. The first-order chi connectivity index (χ1) is 7.68. The molecule has 0 aromatic heterocycles. The Kier molecular flexibility index (Phi) is 3.82. The molecule has 0 aromatic rings. The van der Waals surface area contributed by atoms with Crippen LogP contribution in [0.25, 0.3) is 0 Å². The van der Waals surface area contributed by atoms with Crippen molar-refractivity contribution in [1.82, 2.24) is 10.2 Å². The SMILES string of the molecule is C[C@@H]1CN[C@@H](C)CN1C(=O)C1CCOCC1. The Labute approximate surface area is 97.3 Å². The fourth-order valence-corrected chi connectivity index (χ4v) is 2.51. The average molecular weight is 226 g/mol. The Morgan fingerprint density at radius 2 is 2.00 bits per heavy atom. The summed E-state index contributed by atoms with van der Waals surface area (Å²) >= 11 is 0. The van der Waals surface area contributed by atoms with Gasteiger partial charge in [-0.05, 0) is 26.7 Å². The van der Waals surface area contributed by atoms with Crippen molar-refractivity contribution < 1.29 is 9.53 Å². The first-order valence-corrected chi connectivity index (χ1v) is 6.30. The second-order valence-electron chi connectivity index (χ2n) is 5.04. The van der Waals surface area contributed by atoms with Gasteiger partial charge < -0.3 is 15.0 Å². The number of carbonyl (C=O) groups excluding carboxylic acids is 1. The molecular weight excluding hydrogens is 204 g/mol. The summed E-state index contributed by atoms with van der Waals surface area (Å²) in [7, 11) is 0. The van der Waals surface area contributed by atoms with E-state index >= 15 is 0 Å². The van der Waals surface area contributed by atoms with Crippen LogP contribution in [-0.2, 0) is 9.53 Å². The van der Waals surface area contributed by atoms with Gasteiger partial charge in [0.1, 0.15) is 0 Å². The zero-order valence-corrected chi connectivity index (χ0v) is 10.2. The lowest BCUT2D eigenvalue weighted by molar-refractivity contribution is -0.142. The van der Waals surface area contributed by atoms with Gasteiger partial charge in [0.2, 0.25) is 5.91 Å². The molecule has 2 aliphatic heterocycles. The van der Waals surface area contributed by atoms with Crippen LogP contribution in [0.5, 0.6) is 0 Å². The fraction of sp³-hybridized carbons (Fsp3) is 0.917. The van der Waals surface area contributed by atoms with Gasteiger partial charge >= 0.3 is 0 Å². The van der Waals surface area contributed by atoms with Crippen LogP contribution < -0.4 is 5.32 Å². The second kappa shape index (κ2) is 5.15. The third-order valence-electron chi connectivity index (χ3n) is 3.62. The van der Waals surface area contributed by atoms with Crippen molar-refractivity contribution in [1.29, 1.82) is 0 Å². The van der Waals surface area contributed by atoms with Gasteiger partial charge in [0.15, 0.2) is 0 Å². The van der Waals surface area contributed by atoms with Gasteiger partial charge in [-0.25, -0.2) is 0 Å². The third-order valence-corrected chi connectivity index (χ3v) is 3.62. The number of hydrogen-bond donors (Lipinski definition) is 1. The number of ether oxygens (including phenoxy) is 1. The smallest absolute Gasteiger partial charge is 0.226 e. The minimum absolute atomic E-state index is 0.196. The predicted octanol–water partition coefficient (Wildman–Crippen LogP) is 0.622. The number of hydrogen-bond acceptors (Lipinski definition) is 3. The number of nitrogens with zero attached hydrogens (tertiary/aromatic N) is 1. The molecule has 2 fully saturated rings. The first kappa shape index (κ1) is 11.9. The summed E-state index contributed by atoms with van der Waals surface area (Å²) < 4.78 is 5.30. The predicted molar refractivity (Wildman–Crippen MR) is 62.2 cm³/mol. The van der Waals surface area contributed by atoms with E-state index in [9.17, 15) is 4.79 Å². The largest absolute Gasteiger partial charge is 0.381 e. The van der Waals surface area contributed by atoms with Gasteiger partial charge in [-0.2, -0.15) is 0 Å². The number of rotatable bonds is 1. The van der Waals surface area contributed by atoms with Gasteiger partial charge in [0.05, 0.1) is 0 Å². The third kappa shape index (κ3) is 2.55. The van der Waals surface area contributed by atoms with E-state index in [1.807, 2.05) is 0 Å². The molecule has 0 saturated carbocycles. The number of piperazine rings is 1. The summed E-state index contributed by atoms with van der Waals surface area (Å²) in [6.45, 7) is 7.50. The monoisotopic (exact) mass is 226 g/mol. The summed E-state index contributed by atoms with van der Waals surface area (Å²) in [5.41, 5.74) is 0. The van der Waals surface area contributed by atoms with Crippen molar-refractivity contribution in [3.8, 4) is 0 Å². The average Bonchev–Trinajstić information content (AvgIpc) is 2.32. The molecule has 2 aliphatic rings. The topological polar surface area (TPSA) is 41.6 Å². The van der Waals surface area contributed by atoms with E-state index in [0.717, 1.165) is 39.1 Å². The lowest BCUT2D eigenvalue weighted by Gasteiger charge is -2.40. The Morgan fingerprint density at radius 1 is 1.31 bits per heavy atom. The minimum atomic E-state index is 0.196. The quantitative estimate of drug-likeness (QED) is 0.713. The molecule has 4 heteroatoms. The Morgan fingerprint density at radius 3 is 2.69 bits per heavy atom. The van der Waals surface area contributed by atoms with Gasteiger partial charge in [0, 0.05) is 44.3 Å². The van der Waals surface area contributed by atoms with E-state index in [4.69, 9.17) is 4.74 Å². The molecule has 0 unspecified atom stereocenters. The van der Waals surface area contributed by atoms with Crippen molar-refractivity contribution in [3.63, 3.8) is 0 Å². The van der Waals surface area contributed by atoms with Crippen molar-refractivity contribution >= 4 is 5.91 Å². The molecule has 0 spiro atoms. The van der Waals surface area contributed by atoms with E-state index in [1.54, 1.807) is 0 Å². The molecule has 4 nitrogen and oxygen atoms in total. The van der Waals surface area contributed by atoms with Crippen molar-refractivity contribution in [2.24, 2.45) is 5.92 Å². The molecule has 2 rings (SSSR count). The van der Waals surface area contributed by atoms with E-state index < -0.39 is 0 Å². The summed E-state index contributed by atoms with van der Waals surface area (Å²) in [6.07, 6.45) is 1.79. The molecule has 1 amide bonds. The van der Waals surface area contributed by atoms with Crippen LogP contribution in [0.2, 0.25) is 0 Å². The van der Waals surface area contributed by atoms with Crippen LogP contribution >= 0.6 is 0 Å². The van der Waals surface area contributed by atoms with Gasteiger partial charge in [-0.1, -0.05) is 0 Å². The molecular formula is C12H22N2O2. The Bertz CT molecular complexity index is 251. The first-order valence-electron chi connectivity index (χ1n) is 6.30. The Balaban J connectivity index is 1.96. The molecule has 2 atom stereocenters. The highest BCUT2D eigenvalue weighted by atomic mass is 16.5. The molecule has 0 aromatic carbocycles. The van der Waals surface area contributed by atoms with Gasteiger partial charge in [-0.3, -0.25) is 4.79 Å². The highest BCUT2D eigenvalue weighted by Crippen LogP contribution is 2.20. The molecule has 2 heterocycles. The van der Waals surface area contributed by atoms with Crippen LogP contribution in [0.1, 0.15) is 26.7 Å². The van der Waals surface area contributed by atoms with Crippen molar-refractivity contribution in [3.05, 3.63) is 0 Å². The molecule has 16 heavy (non-hydrogen) atoms. The molecule has 0 aliphatic carbocycles. The van der Waals surface area contributed by atoms with Gasteiger partial charge in [0.25, 0.3) is 0 Å². The maximum absolute atomic E-state index is 12.4.